The molecule has 0 amide bonds. The molecule has 2 aromatic rings. The fourth-order valence-corrected chi connectivity index (χ4v) is 1.64. The van der Waals surface area contributed by atoms with Crippen molar-refractivity contribution in [2.75, 3.05) is 0 Å². The molecule has 0 bridgehead atoms. The highest BCUT2D eigenvalue weighted by Crippen LogP contribution is 2.31. The second kappa shape index (κ2) is 3.38. The minimum atomic E-state index is -0.0863. The Labute approximate surface area is 92.0 Å². The zero-order chi connectivity index (χ0) is 11.0. The van der Waals surface area contributed by atoms with E-state index in [2.05, 4.69) is 0 Å². The Bertz CT molecular complexity index is 565. The van der Waals surface area contributed by atoms with Crippen LogP contribution in [0.15, 0.2) is 53.0 Å². The normalized spacial score (nSPS) is 16.2. The molecule has 0 radical (unpaired) electrons. The Kier molecular flexibility index (Phi) is 1.90. The maximum Gasteiger partial charge on any atom is 0.231 e. The van der Waals surface area contributed by atoms with Crippen molar-refractivity contribution < 1.29 is 13.9 Å². The average molecular weight is 212 g/mol. The minimum Gasteiger partial charge on any atom is -0.472 e. The first-order chi connectivity index (χ1) is 7.84. The lowest BCUT2D eigenvalue weighted by Gasteiger charge is -1.95. The number of rotatable bonds is 1. The van der Waals surface area contributed by atoms with Crippen LogP contribution in [-0.4, -0.2) is 5.78 Å². The molecule has 1 aliphatic rings. The van der Waals surface area contributed by atoms with Crippen molar-refractivity contribution in [1.82, 2.24) is 0 Å². The van der Waals surface area contributed by atoms with E-state index in [4.69, 9.17) is 9.15 Å². The first kappa shape index (κ1) is 8.97. The van der Waals surface area contributed by atoms with Gasteiger partial charge < -0.3 is 9.15 Å². The third-order valence-electron chi connectivity index (χ3n) is 2.42. The van der Waals surface area contributed by atoms with Crippen molar-refractivity contribution in [3.8, 4) is 5.75 Å². The highest BCUT2D eigenvalue weighted by Gasteiger charge is 2.26. The molecule has 2 heterocycles. The van der Waals surface area contributed by atoms with E-state index in [9.17, 15) is 4.79 Å². The number of furan rings is 1. The van der Waals surface area contributed by atoms with E-state index in [1.807, 2.05) is 12.1 Å². The summed E-state index contributed by atoms with van der Waals surface area (Å²) in [5, 5.41) is 0. The monoisotopic (exact) mass is 212 g/mol. The number of ketones is 1. The number of carbonyl (C=O) groups excluding carboxylic acids is 1. The van der Waals surface area contributed by atoms with Crippen LogP contribution >= 0.6 is 0 Å². The molecule has 0 atom stereocenters. The summed E-state index contributed by atoms with van der Waals surface area (Å²) in [6.07, 6.45) is 4.79. The number of carbonyl (C=O) groups is 1. The number of benzene rings is 1. The van der Waals surface area contributed by atoms with Crippen molar-refractivity contribution >= 4 is 11.9 Å². The van der Waals surface area contributed by atoms with Crippen LogP contribution in [-0.2, 0) is 0 Å². The maximum absolute atomic E-state index is 11.9. The van der Waals surface area contributed by atoms with Gasteiger partial charge in [-0.3, -0.25) is 4.79 Å². The van der Waals surface area contributed by atoms with Crippen molar-refractivity contribution in [2.45, 2.75) is 0 Å². The summed E-state index contributed by atoms with van der Waals surface area (Å²) in [6.45, 7) is 0. The van der Waals surface area contributed by atoms with Gasteiger partial charge in [0.1, 0.15) is 5.75 Å². The topological polar surface area (TPSA) is 39.4 Å². The molecular formula is C13H8O3. The summed E-state index contributed by atoms with van der Waals surface area (Å²) >= 11 is 0. The zero-order valence-electron chi connectivity index (χ0n) is 8.34. The average Bonchev–Trinajstić information content (AvgIpc) is 2.90. The zero-order valence-corrected chi connectivity index (χ0v) is 8.34. The quantitative estimate of drug-likeness (QED) is 0.682. The number of ether oxygens (including phenoxy) is 1. The van der Waals surface area contributed by atoms with Crippen molar-refractivity contribution in [3.05, 3.63) is 59.7 Å². The Morgan fingerprint density at radius 3 is 2.75 bits per heavy atom. The lowest BCUT2D eigenvalue weighted by atomic mass is 10.1. The van der Waals surface area contributed by atoms with Crippen LogP contribution < -0.4 is 4.74 Å². The Balaban J connectivity index is 2.02. The Morgan fingerprint density at radius 2 is 2.00 bits per heavy atom. The summed E-state index contributed by atoms with van der Waals surface area (Å²) in [7, 11) is 0. The van der Waals surface area contributed by atoms with E-state index in [1.54, 1.807) is 36.8 Å². The molecule has 78 valence electrons. The van der Waals surface area contributed by atoms with Gasteiger partial charge in [-0.05, 0) is 24.3 Å². The first-order valence-corrected chi connectivity index (χ1v) is 4.90. The summed E-state index contributed by atoms with van der Waals surface area (Å²) in [5.74, 6) is 0.863. The lowest BCUT2D eigenvalue weighted by molar-refractivity contribution is 0.101. The smallest absolute Gasteiger partial charge is 0.231 e. The molecule has 0 unspecified atom stereocenters. The summed E-state index contributed by atoms with van der Waals surface area (Å²) in [4.78, 5) is 11.9. The maximum atomic E-state index is 11.9. The van der Waals surface area contributed by atoms with Crippen LogP contribution in [0.5, 0.6) is 5.75 Å². The standard InChI is InChI=1S/C13H8O3/c14-13-10-3-1-2-4-11(10)16-12(13)7-9-5-6-15-8-9/h1-8H/b12-7-. The van der Waals surface area contributed by atoms with Gasteiger partial charge in [0, 0.05) is 5.56 Å². The molecule has 0 saturated carbocycles. The van der Waals surface area contributed by atoms with Crippen LogP contribution in [0.25, 0.3) is 6.08 Å². The second-order valence-electron chi connectivity index (χ2n) is 3.49. The highest BCUT2D eigenvalue weighted by molar-refractivity contribution is 6.14. The van der Waals surface area contributed by atoms with E-state index in [1.165, 1.54) is 0 Å². The molecule has 0 N–H and O–H groups in total. The number of para-hydroxylation sites is 1. The van der Waals surface area contributed by atoms with E-state index >= 15 is 0 Å². The van der Waals surface area contributed by atoms with E-state index in [0.717, 1.165) is 5.56 Å². The van der Waals surface area contributed by atoms with Crippen LogP contribution in [0.2, 0.25) is 0 Å². The van der Waals surface area contributed by atoms with Gasteiger partial charge in [-0.25, -0.2) is 0 Å². The molecule has 1 aromatic heterocycles. The predicted octanol–water partition coefficient (Wildman–Crippen LogP) is 2.90. The number of Topliss-reactive ketones (excluding diaryl/α,β-unsaturated/α-hetero) is 1. The third kappa shape index (κ3) is 1.34. The van der Waals surface area contributed by atoms with E-state index in [-0.39, 0.29) is 5.78 Å². The molecule has 1 aliphatic heterocycles. The molecule has 0 saturated heterocycles. The largest absolute Gasteiger partial charge is 0.472 e. The fourth-order valence-electron chi connectivity index (χ4n) is 1.64. The van der Waals surface area contributed by atoms with Gasteiger partial charge in [-0.15, -0.1) is 0 Å². The van der Waals surface area contributed by atoms with Gasteiger partial charge in [0.2, 0.25) is 5.78 Å². The lowest BCUT2D eigenvalue weighted by Crippen LogP contribution is -1.97. The van der Waals surface area contributed by atoms with Crippen molar-refractivity contribution in [2.24, 2.45) is 0 Å². The van der Waals surface area contributed by atoms with Gasteiger partial charge in [-0.1, -0.05) is 12.1 Å². The molecule has 3 rings (SSSR count). The number of hydrogen-bond acceptors (Lipinski definition) is 3. The summed E-state index contributed by atoms with van der Waals surface area (Å²) in [5.41, 5.74) is 1.42. The summed E-state index contributed by atoms with van der Waals surface area (Å²) in [6, 6.07) is 8.97. The van der Waals surface area contributed by atoms with Crippen LogP contribution in [0.3, 0.4) is 0 Å². The number of hydrogen-bond donors (Lipinski definition) is 0. The van der Waals surface area contributed by atoms with Crippen LogP contribution in [0.1, 0.15) is 15.9 Å². The highest BCUT2D eigenvalue weighted by atomic mass is 16.5. The molecule has 0 aliphatic carbocycles. The first-order valence-electron chi connectivity index (χ1n) is 4.90. The second-order valence-corrected chi connectivity index (χ2v) is 3.49. The number of fused-ring (bicyclic) bond motifs is 1. The van der Waals surface area contributed by atoms with Gasteiger partial charge in [0.15, 0.2) is 5.76 Å². The van der Waals surface area contributed by atoms with Crippen LogP contribution in [0.4, 0.5) is 0 Å². The molecule has 0 spiro atoms. The van der Waals surface area contributed by atoms with Gasteiger partial charge in [0.05, 0.1) is 18.1 Å². The van der Waals surface area contributed by atoms with Gasteiger partial charge in [0.25, 0.3) is 0 Å². The van der Waals surface area contributed by atoms with Crippen molar-refractivity contribution in [1.29, 1.82) is 0 Å². The number of allylic oxidation sites excluding steroid dienone is 1. The molecule has 16 heavy (non-hydrogen) atoms. The fraction of sp³-hybridized carbons (Fsp3) is 0. The third-order valence-corrected chi connectivity index (χ3v) is 2.42. The van der Waals surface area contributed by atoms with Gasteiger partial charge in [-0.2, -0.15) is 0 Å². The van der Waals surface area contributed by atoms with Gasteiger partial charge >= 0.3 is 0 Å². The molecule has 0 fully saturated rings. The molecular weight excluding hydrogens is 204 g/mol. The molecule has 3 heteroatoms. The van der Waals surface area contributed by atoms with E-state index < -0.39 is 0 Å². The molecule has 1 aromatic carbocycles. The van der Waals surface area contributed by atoms with E-state index in [0.29, 0.717) is 17.1 Å². The summed E-state index contributed by atoms with van der Waals surface area (Å²) < 4.78 is 10.4. The Morgan fingerprint density at radius 1 is 1.12 bits per heavy atom. The minimum absolute atomic E-state index is 0.0863. The SMILES string of the molecule is O=C1/C(=C/c2ccoc2)Oc2ccccc21. The Hall–Kier alpha value is -2.29. The predicted molar refractivity (Wildman–Crippen MR) is 58.1 cm³/mol. The molecule has 3 nitrogen and oxygen atoms in total. The van der Waals surface area contributed by atoms with Crippen LogP contribution in [0, 0.1) is 0 Å². The van der Waals surface area contributed by atoms with Crippen molar-refractivity contribution in [3.63, 3.8) is 0 Å².